The van der Waals surface area contributed by atoms with Gasteiger partial charge < -0.3 is 19.9 Å². The molecule has 0 bridgehead atoms. The summed E-state index contributed by atoms with van der Waals surface area (Å²) >= 11 is 0. The van der Waals surface area contributed by atoms with E-state index in [9.17, 15) is 9.59 Å². The average molecular weight is 295 g/mol. The number of nitrogens with one attached hydrogen (secondary N) is 1. The van der Waals surface area contributed by atoms with Crippen LogP contribution in [0.2, 0.25) is 0 Å². The number of nitrogens with zero attached hydrogens (tertiary/aromatic N) is 2. The van der Waals surface area contributed by atoms with Gasteiger partial charge >= 0.3 is 0 Å². The Bertz CT molecular complexity index is 354. The van der Waals surface area contributed by atoms with Gasteiger partial charge in [0.05, 0.1) is 19.1 Å². The van der Waals surface area contributed by atoms with E-state index in [-0.39, 0.29) is 23.8 Å². The average Bonchev–Trinajstić information content (AvgIpc) is 3.04. The second-order valence-electron chi connectivity index (χ2n) is 6.17. The van der Waals surface area contributed by atoms with Crippen LogP contribution >= 0.6 is 0 Å². The molecule has 3 aliphatic rings. The molecule has 3 rings (SSSR count). The molecule has 0 aromatic carbocycles. The van der Waals surface area contributed by atoms with E-state index in [0.29, 0.717) is 26.3 Å². The summed E-state index contributed by atoms with van der Waals surface area (Å²) < 4.78 is 5.30. The first-order valence-electron chi connectivity index (χ1n) is 8.15. The third-order valence-electron chi connectivity index (χ3n) is 4.79. The van der Waals surface area contributed by atoms with E-state index in [1.807, 2.05) is 9.80 Å². The molecule has 1 N–H and O–H groups in total. The summed E-state index contributed by atoms with van der Waals surface area (Å²) in [4.78, 5) is 29.1. The highest BCUT2D eigenvalue weighted by molar-refractivity contribution is 5.89. The smallest absolute Gasteiger partial charge is 0.245 e. The van der Waals surface area contributed by atoms with Crippen LogP contribution < -0.4 is 5.32 Å². The first kappa shape index (κ1) is 14.8. The highest BCUT2D eigenvalue weighted by Crippen LogP contribution is 2.24. The van der Waals surface area contributed by atoms with Crippen molar-refractivity contribution < 1.29 is 14.3 Å². The first-order valence-corrected chi connectivity index (χ1v) is 8.15. The lowest BCUT2D eigenvalue weighted by Gasteiger charge is -2.34. The maximum atomic E-state index is 12.7. The maximum absolute atomic E-state index is 12.7. The standard InChI is InChI=1S/C15H25N3O3/c19-14(12-3-1-5-16-11-12)18-6-2-4-13(18)15(20)17-7-9-21-10-8-17/h12-13,16H,1-11H2. The van der Waals surface area contributed by atoms with E-state index in [4.69, 9.17) is 4.74 Å². The lowest BCUT2D eigenvalue weighted by atomic mass is 9.97. The molecule has 3 fully saturated rings. The molecule has 2 atom stereocenters. The minimum absolute atomic E-state index is 0.0526. The van der Waals surface area contributed by atoms with Crippen LogP contribution in [0, 0.1) is 5.92 Å². The number of piperidine rings is 1. The number of hydrogen-bond acceptors (Lipinski definition) is 4. The van der Waals surface area contributed by atoms with Gasteiger partial charge in [0.25, 0.3) is 0 Å². The summed E-state index contributed by atoms with van der Waals surface area (Å²) in [5, 5.41) is 3.29. The summed E-state index contributed by atoms with van der Waals surface area (Å²) in [6.07, 6.45) is 3.74. The van der Waals surface area contributed by atoms with Gasteiger partial charge in [-0.1, -0.05) is 0 Å². The topological polar surface area (TPSA) is 61.9 Å². The van der Waals surface area contributed by atoms with Crippen LogP contribution in [0.4, 0.5) is 0 Å². The molecule has 3 saturated heterocycles. The Labute approximate surface area is 125 Å². The number of hydrogen-bond donors (Lipinski definition) is 1. The van der Waals surface area contributed by atoms with Crippen molar-refractivity contribution in [2.24, 2.45) is 5.92 Å². The quantitative estimate of drug-likeness (QED) is 0.769. The zero-order chi connectivity index (χ0) is 14.7. The number of rotatable bonds is 2. The van der Waals surface area contributed by atoms with Crippen LogP contribution in [-0.2, 0) is 14.3 Å². The molecule has 21 heavy (non-hydrogen) atoms. The van der Waals surface area contributed by atoms with Gasteiger partial charge in [-0.3, -0.25) is 9.59 Å². The van der Waals surface area contributed by atoms with Crippen molar-refractivity contribution in [2.45, 2.75) is 31.7 Å². The van der Waals surface area contributed by atoms with Crippen LogP contribution in [0.15, 0.2) is 0 Å². The van der Waals surface area contributed by atoms with Crippen molar-refractivity contribution in [3.8, 4) is 0 Å². The number of amides is 2. The number of carbonyl (C=O) groups is 2. The van der Waals surface area contributed by atoms with Crippen LogP contribution in [0.25, 0.3) is 0 Å². The predicted molar refractivity (Wildman–Crippen MR) is 77.7 cm³/mol. The lowest BCUT2D eigenvalue weighted by molar-refractivity contribution is -0.148. The van der Waals surface area contributed by atoms with Crippen LogP contribution in [0.5, 0.6) is 0 Å². The van der Waals surface area contributed by atoms with Gasteiger partial charge in [0.1, 0.15) is 6.04 Å². The van der Waals surface area contributed by atoms with Crippen molar-refractivity contribution in [1.82, 2.24) is 15.1 Å². The highest BCUT2D eigenvalue weighted by Gasteiger charge is 2.39. The van der Waals surface area contributed by atoms with Crippen LogP contribution in [0.1, 0.15) is 25.7 Å². The third kappa shape index (κ3) is 3.21. The molecule has 3 aliphatic heterocycles. The molecule has 118 valence electrons. The second-order valence-corrected chi connectivity index (χ2v) is 6.17. The molecule has 6 heteroatoms. The van der Waals surface area contributed by atoms with E-state index >= 15 is 0 Å². The molecular weight excluding hydrogens is 270 g/mol. The third-order valence-corrected chi connectivity index (χ3v) is 4.79. The minimum Gasteiger partial charge on any atom is -0.378 e. The Balaban J connectivity index is 1.63. The van der Waals surface area contributed by atoms with Gasteiger partial charge in [0.15, 0.2) is 0 Å². The molecule has 0 aliphatic carbocycles. The summed E-state index contributed by atoms with van der Waals surface area (Å²) in [5.74, 6) is 0.344. The van der Waals surface area contributed by atoms with E-state index in [1.165, 1.54) is 0 Å². The normalized spacial score (nSPS) is 30.5. The SMILES string of the molecule is O=C(C1CCCN1C(=O)C1CCCNC1)N1CCOCC1. The van der Waals surface area contributed by atoms with E-state index in [0.717, 1.165) is 45.3 Å². The summed E-state index contributed by atoms with van der Waals surface area (Å²) in [5.41, 5.74) is 0. The van der Waals surface area contributed by atoms with Gasteiger partial charge in [-0.05, 0) is 32.2 Å². The van der Waals surface area contributed by atoms with E-state index < -0.39 is 0 Å². The minimum atomic E-state index is -0.238. The summed E-state index contributed by atoms with van der Waals surface area (Å²) in [6.45, 7) is 5.02. The van der Waals surface area contributed by atoms with E-state index in [2.05, 4.69) is 5.32 Å². The Hall–Kier alpha value is -1.14. The van der Waals surface area contributed by atoms with Gasteiger partial charge in [0.2, 0.25) is 11.8 Å². The molecule has 2 amide bonds. The van der Waals surface area contributed by atoms with E-state index in [1.54, 1.807) is 0 Å². The molecule has 6 nitrogen and oxygen atoms in total. The monoisotopic (exact) mass is 295 g/mol. The number of morpholine rings is 1. The predicted octanol–water partition coefficient (Wildman–Crippen LogP) is -0.164. The first-order chi connectivity index (χ1) is 10.3. The molecule has 0 radical (unpaired) electrons. The van der Waals surface area contributed by atoms with Crippen LogP contribution in [-0.4, -0.2) is 73.6 Å². The largest absolute Gasteiger partial charge is 0.378 e. The van der Waals surface area contributed by atoms with Gasteiger partial charge in [-0.25, -0.2) is 0 Å². The Morgan fingerprint density at radius 1 is 1.00 bits per heavy atom. The Morgan fingerprint density at radius 2 is 1.81 bits per heavy atom. The molecule has 0 aromatic rings. The number of carbonyl (C=O) groups excluding carboxylic acids is 2. The number of likely N-dealkylation sites (tertiary alicyclic amines) is 1. The van der Waals surface area contributed by atoms with Gasteiger partial charge in [-0.2, -0.15) is 0 Å². The fraction of sp³-hybridized carbons (Fsp3) is 0.867. The number of ether oxygens (including phenoxy) is 1. The van der Waals surface area contributed by atoms with Crippen molar-refractivity contribution in [1.29, 1.82) is 0 Å². The second kappa shape index (κ2) is 6.75. The maximum Gasteiger partial charge on any atom is 0.245 e. The zero-order valence-electron chi connectivity index (χ0n) is 12.6. The lowest BCUT2D eigenvalue weighted by Crippen LogP contribution is -2.53. The fourth-order valence-electron chi connectivity index (χ4n) is 3.58. The van der Waals surface area contributed by atoms with Crippen LogP contribution in [0.3, 0.4) is 0 Å². The van der Waals surface area contributed by atoms with Gasteiger partial charge in [-0.15, -0.1) is 0 Å². The van der Waals surface area contributed by atoms with Crippen molar-refractivity contribution >= 4 is 11.8 Å². The molecular formula is C15H25N3O3. The molecule has 0 spiro atoms. The Morgan fingerprint density at radius 3 is 2.52 bits per heavy atom. The van der Waals surface area contributed by atoms with Gasteiger partial charge in [0, 0.05) is 26.2 Å². The molecule has 0 aromatic heterocycles. The molecule has 0 saturated carbocycles. The summed E-state index contributed by atoms with van der Waals surface area (Å²) in [6, 6.07) is -0.238. The molecule has 3 heterocycles. The zero-order valence-corrected chi connectivity index (χ0v) is 12.6. The van der Waals surface area contributed by atoms with Crippen molar-refractivity contribution in [3.63, 3.8) is 0 Å². The highest BCUT2D eigenvalue weighted by atomic mass is 16.5. The molecule has 2 unspecified atom stereocenters. The fourth-order valence-corrected chi connectivity index (χ4v) is 3.58. The summed E-state index contributed by atoms with van der Waals surface area (Å²) in [7, 11) is 0. The van der Waals surface area contributed by atoms with Crippen molar-refractivity contribution in [2.75, 3.05) is 45.9 Å². The Kier molecular flexibility index (Phi) is 4.75. The van der Waals surface area contributed by atoms with Crippen molar-refractivity contribution in [3.05, 3.63) is 0 Å².